The predicted molar refractivity (Wildman–Crippen MR) is 124 cm³/mol. The van der Waals surface area contributed by atoms with Gasteiger partial charge < -0.3 is 4.90 Å². The molecule has 0 spiro atoms. The first-order valence-electron chi connectivity index (χ1n) is 10.3. The maximum atomic E-state index is 13.6. The Hall–Kier alpha value is -3.12. The molecule has 0 unspecified atom stereocenters. The van der Waals surface area contributed by atoms with Crippen LogP contribution in [0.5, 0.6) is 0 Å². The van der Waals surface area contributed by atoms with Crippen LogP contribution in [0.1, 0.15) is 38.7 Å². The average molecular weight is 435 g/mol. The van der Waals surface area contributed by atoms with E-state index in [0.29, 0.717) is 17.8 Å². The van der Waals surface area contributed by atoms with Crippen LogP contribution in [0.25, 0.3) is 0 Å². The topological polar surface area (TPSA) is 66.5 Å². The smallest absolute Gasteiger partial charge is 0.254 e. The van der Waals surface area contributed by atoms with Crippen LogP contribution in [0.15, 0.2) is 72.8 Å². The van der Waals surface area contributed by atoms with Gasteiger partial charge in [-0.05, 0) is 54.2 Å². The lowest BCUT2D eigenvalue weighted by Crippen LogP contribution is -2.41. The van der Waals surface area contributed by atoms with Crippen molar-refractivity contribution >= 4 is 21.6 Å². The molecule has 31 heavy (non-hydrogen) atoms. The Balaban J connectivity index is 1.70. The second-order valence-electron chi connectivity index (χ2n) is 8.06. The molecule has 6 heteroatoms. The van der Waals surface area contributed by atoms with Crippen LogP contribution in [-0.4, -0.2) is 32.0 Å². The molecular weight excluding hydrogens is 408 g/mol. The zero-order valence-corrected chi connectivity index (χ0v) is 18.5. The summed E-state index contributed by atoms with van der Waals surface area (Å²) in [5.41, 5.74) is 5.31. The number of amides is 1. The Kier molecular flexibility index (Phi) is 5.83. The standard InChI is InChI=1S/C25H26N2O3S/c1-18-12-13-21(17-23(18)26-31(2,29)30)25(28)27-15-14-20-10-6-7-11-22(20)24(27)16-19-8-4-3-5-9-19/h3-13,17,24,26H,14-16H2,1-2H3/t24-/m0/s1. The number of nitrogens with one attached hydrogen (secondary N) is 1. The number of nitrogens with zero attached hydrogens (tertiary/aromatic N) is 1. The molecule has 3 aromatic carbocycles. The summed E-state index contributed by atoms with van der Waals surface area (Å²) in [7, 11) is -3.43. The second kappa shape index (κ2) is 8.55. The SMILES string of the molecule is Cc1ccc(C(=O)N2CCc3ccccc3[C@@H]2Cc2ccccc2)cc1NS(C)(=O)=O. The van der Waals surface area contributed by atoms with E-state index in [1.54, 1.807) is 18.2 Å². The van der Waals surface area contributed by atoms with Crippen LogP contribution >= 0.6 is 0 Å². The molecule has 0 fully saturated rings. The van der Waals surface area contributed by atoms with Gasteiger partial charge in [0.25, 0.3) is 5.91 Å². The monoisotopic (exact) mass is 434 g/mol. The minimum atomic E-state index is -3.43. The molecule has 1 N–H and O–H groups in total. The summed E-state index contributed by atoms with van der Waals surface area (Å²) in [6.07, 6.45) is 2.63. The van der Waals surface area contributed by atoms with Crippen molar-refractivity contribution in [3.8, 4) is 0 Å². The van der Waals surface area contributed by atoms with E-state index in [0.717, 1.165) is 24.7 Å². The quantitative estimate of drug-likeness (QED) is 0.649. The van der Waals surface area contributed by atoms with E-state index in [1.807, 2.05) is 42.2 Å². The van der Waals surface area contributed by atoms with Crippen molar-refractivity contribution in [2.45, 2.75) is 25.8 Å². The molecule has 0 saturated carbocycles. The van der Waals surface area contributed by atoms with E-state index < -0.39 is 10.0 Å². The molecular formula is C25H26N2O3S. The van der Waals surface area contributed by atoms with Gasteiger partial charge in [0.2, 0.25) is 10.0 Å². The molecule has 3 aromatic rings. The number of hydrogen-bond donors (Lipinski definition) is 1. The number of benzene rings is 3. The molecule has 0 aliphatic carbocycles. The van der Waals surface area contributed by atoms with Crippen molar-refractivity contribution in [1.29, 1.82) is 0 Å². The number of anilines is 1. The van der Waals surface area contributed by atoms with Crippen LogP contribution in [0.3, 0.4) is 0 Å². The number of carbonyl (C=O) groups is 1. The van der Waals surface area contributed by atoms with Crippen molar-refractivity contribution in [1.82, 2.24) is 4.90 Å². The van der Waals surface area contributed by atoms with Crippen LogP contribution < -0.4 is 4.72 Å². The van der Waals surface area contributed by atoms with Crippen LogP contribution in [-0.2, 0) is 22.9 Å². The Labute approximate surface area is 183 Å². The van der Waals surface area contributed by atoms with Crippen molar-refractivity contribution < 1.29 is 13.2 Å². The third-order valence-electron chi connectivity index (χ3n) is 5.72. The summed E-state index contributed by atoms with van der Waals surface area (Å²) in [5, 5.41) is 0. The first kappa shape index (κ1) is 21.1. The highest BCUT2D eigenvalue weighted by molar-refractivity contribution is 7.92. The third-order valence-corrected chi connectivity index (χ3v) is 6.32. The molecule has 0 aromatic heterocycles. The second-order valence-corrected chi connectivity index (χ2v) is 9.81. The van der Waals surface area contributed by atoms with Gasteiger partial charge in [0.05, 0.1) is 18.0 Å². The van der Waals surface area contributed by atoms with E-state index >= 15 is 0 Å². The zero-order chi connectivity index (χ0) is 22.0. The fourth-order valence-corrected chi connectivity index (χ4v) is 4.80. The zero-order valence-electron chi connectivity index (χ0n) is 17.7. The van der Waals surface area contributed by atoms with Crippen molar-refractivity contribution in [3.63, 3.8) is 0 Å². The summed E-state index contributed by atoms with van der Waals surface area (Å²) in [6.45, 7) is 2.44. The fraction of sp³-hybridized carbons (Fsp3) is 0.240. The lowest BCUT2D eigenvalue weighted by Gasteiger charge is -2.38. The molecule has 160 valence electrons. The van der Waals surface area contributed by atoms with Crippen LogP contribution in [0.2, 0.25) is 0 Å². The highest BCUT2D eigenvalue weighted by atomic mass is 32.2. The molecule has 0 radical (unpaired) electrons. The molecule has 5 nitrogen and oxygen atoms in total. The highest BCUT2D eigenvalue weighted by Crippen LogP contribution is 2.34. The van der Waals surface area contributed by atoms with Gasteiger partial charge in [0, 0.05) is 12.1 Å². The molecule has 1 amide bonds. The number of hydrogen-bond acceptors (Lipinski definition) is 3. The predicted octanol–water partition coefficient (Wildman–Crippen LogP) is 4.35. The molecule has 1 aliphatic rings. The minimum absolute atomic E-state index is 0.0764. The highest BCUT2D eigenvalue weighted by Gasteiger charge is 2.31. The molecule has 1 heterocycles. The van der Waals surface area contributed by atoms with Gasteiger partial charge in [-0.15, -0.1) is 0 Å². The van der Waals surface area contributed by atoms with Crippen LogP contribution in [0.4, 0.5) is 5.69 Å². The minimum Gasteiger partial charge on any atom is -0.331 e. The summed E-state index contributed by atoms with van der Waals surface area (Å²) < 4.78 is 26.0. The molecule has 1 aliphatic heterocycles. The molecule has 1 atom stereocenters. The van der Waals surface area contributed by atoms with Crippen molar-refractivity contribution in [2.24, 2.45) is 0 Å². The van der Waals surface area contributed by atoms with Gasteiger partial charge in [0.15, 0.2) is 0 Å². The fourth-order valence-electron chi connectivity index (χ4n) is 4.18. The van der Waals surface area contributed by atoms with E-state index in [-0.39, 0.29) is 11.9 Å². The van der Waals surface area contributed by atoms with Gasteiger partial charge in [-0.1, -0.05) is 60.7 Å². The first-order valence-corrected chi connectivity index (χ1v) is 12.2. The Morgan fingerprint density at radius 1 is 1.03 bits per heavy atom. The van der Waals surface area contributed by atoms with E-state index in [2.05, 4.69) is 29.0 Å². The number of sulfonamides is 1. The Morgan fingerprint density at radius 3 is 2.48 bits per heavy atom. The van der Waals surface area contributed by atoms with Gasteiger partial charge >= 0.3 is 0 Å². The number of carbonyl (C=O) groups excluding carboxylic acids is 1. The third kappa shape index (κ3) is 4.80. The normalized spacial score (nSPS) is 15.9. The van der Waals surface area contributed by atoms with Gasteiger partial charge in [-0.25, -0.2) is 8.42 Å². The largest absolute Gasteiger partial charge is 0.331 e. The lowest BCUT2D eigenvalue weighted by atomic mass is 9.88. The Bertz CT molecular complexity index is 1210. The first-order chi connectivity index (χ1) is 14.8. The van der Waals surface area contributed by atoms with Gasteiger partial charge in [-0.3, -0.25) is 9.52 Å². The van der Waals surface area contributed by atoms with Crippen molar-refractivity contribution in [2.75, 3.05) is 17.5 Å². The molecule has 0 bridgehead atoms. The number of aryl methyl sites for hydroxylation is 1. The average Bonchev–Trinajstić information content (AvgIpc) is 2.75. The Morgan fingerprint density at radius 2 is 1.74 bits per heavy atom. The number of fused-ring (bicyclic) bond motifs is 1. The summed E-state index contributed by atoms with van der Waals surface area (Å²) in [6, 6.07) is 23.6. The summed E-state index contributed by atoms with van der Waals surface area (Å²) >= 11 is 0. The van der Waals surface area contributed by atoms with E-state index in [9.17, 15) is 13.2 Å². The summed E-state index contributed by atoms with van der Waals surface area (Å²) in [5.74, 6) is -0.0908. The van der Waals surface area contributed by atoms with Crippen molar-refractivity contribution in [3.05, 3.63) is 101 Å². The van der Waals surface area contributed by atoms with E-state index in [4.69, 9.17) is 0 Å². The van der Waals surface area contributed by atoms with E-state index in [1.165, 1.54) is 16.7 Å². The van der Waals surface area contributed by atoms with Gasteiger partial charge in [0.1, 0.15) is 0 Å². The maximum absolute atomic E-state index is 13.6. The van der Waals surface area contributed by atoms with Gasteiger partial charge in [-0.2, -0.15) is 0 Å². The lowest BCUT2D eigenvalue weighted by molar-refractivity contribution is 0.0660. The number of rotatable bonds is 5. The van der Waals surface area contributed by atoms with Crippen LogP contribution in [0, 0.1) is 6.92 Å². The summed E-state index contributed by atoms with van der Waals surface area (Å²) in [4.78, 5) is 15.5. The molecule has 0 saturated heterocycles. The molecule has 4 rings (SSSR count). The maximum Gasteiger partial charge on any atom is 0.254 e.